The number of carbonyl (C=O) groups excluding carboxylic acids is 1. The lowest BCUT2D eigenvalue weighted by molar-refractivity contribution is -0.113. The van der Waals surface area contributed by atoms with Gasteiger partial charge in [0.15, 0.2) is 0 Å². The van der Waals surface area contributed by atoms with E-state index in [9.17, 15) is 13.4 Å². The molecule has 0 aliphatic heterocycles. The standard InChI is InChI=1S/C13H12FNO3S/c1-9-12(6-7-18-9)19(17)8-13(16)15-11-5-3-2-4-10(11)14/h2-7H,8H2,1H3,(H,15,16). The zero-order valence-electron chi connectivity index (χ0n) is 10.2. The van der Waals surface area contributed by atoms with E-state index in [1.807, 2.05) is 0 Å². The van der Waals surface area contributed by atoms with E-state index in [4.69, 9.17) is 4.42 Å². The normalized spacial score (nSPS) is 12.1. The highest BCUT2D eigenvalue weighted by molar-refractivity contribution is 7.85. The first-order valence-corrected chi connectivity index (χ1v) is 6.86. The highest BCUT2D eigenvalue weighted by Gasteiger charge is 2.15. The summed E-state index contributed by atoms with van der Waals surface area (Å²) in [5, 5.41) is 2.38. The van der Waals surface area contributed by atoms with Crippen molar-refractivity contribution >= 4 is 22.4 Å². The molecule has 0 saturated carbocycles. The number of para-hydroxylation sites is 1. The molecule has 0 saturated heterocycles. The maximum atomic E-state index is 13.3. The van der Waals surface area contributed by atoms with E-state index in [1.54, 1.807) is 19.1 Å². The molecule has 1 amide bonds. The van der Waals surface area contributed by atoms with Gasteiger partial charge in [-0.05, 0) is 25.1 Å². The van der Waals surface area contributed by atoms with Gasteiger partial charge in [-0.3, -0.25) is 9.00 Å². The molecule has 0 fully saturated rings. The number of aryl methyl sites for hydroxylation is 1. The molecule has 1 atom stereocenters. The Morgan fingerprint density at radius 1 is 1.37 bits per heavy atom. The Hall–Kier alpha value is -1.95. The SMILES string of the molecule is Cc1occc1S(=O)CC(=O)Nc1ccccc1F. The second kappa shape index (κ2) is 5.79. The third-order valence-corrected chi connectivity index (χ3v) is 3.91. The van der Waals surface area contributed by atoms with E-state index in [0.717, 1.165) is 0 Å². The number of nitrogens with one attached hydrogen (secondary N) is 1. The second-order valence-corrected chi connectivity index (χ2v) is 5.28. The Balaban J connectivity index is 2.01. The quantitative estimate of drug-likeness (QED) is 0.936. The van der Waals surface area contributed by atoms with Gasteiger partial charge < -0.3 is 9.73 Å². The van der Waals surface area contributed by atoms with Crippen molar-refractivity contribution in [3.8, 4) is 0 Å². The number of benzene rings is 1. The molecule has 1 aromatic heterocycles. The van der Waals surface area contributed by atoms with Crippen LogP contribution in [0.5, 0.6) is 0 Å². The predicted octanol–water partition coefficient (Wildman–Crippen LogP) is 2.47. The van der Waals surface area contributed by atoms with Crippen LogP contribution in [0.15, 0.2) is 45.9 Å². The predicted molar refractivity (Wildman–Crippen MR) is 69.8 cm³/mol. The molecule has 0 radical (unpaired) electrons. The van der Waals surface area contributed by atoms with Crippen LogP contribution in [0.3, 0.4) is 0 Å². The molecule has 1 aromatic carbocycles. The molecular weight excluding hydrogens is 269 g/mol. The minimum atomic E-state index is -1.50. The summed E-state index contributed by atoms with van der Waals surface area (Å²) < 4.78 is 30.2. The largest absolute Gasteiger partial charge is 0.468 e. The summed E-state index contributed by atoms with van der Waals surface area (Å²) in [5.74, 6) is -0.767. The Morgan fingerprint density at radius 2 is 2.11 bits per heavy atom. The van der Waals surface area contributed by atoms with E-state index in [2.05, 4.69) is 5.32 Å². The minimum Gasteiger partial charge on any atom is -0.468 e. The molecule has 4 nitrogen and oxygen atoms in total. The number of furan rings is 1. The first kappa shape index (κ1) is 13.5. The average molecular weight is 281 g/mol. The molecule has 0 bridgehead atoms. The van der Waals surface area contributed by atoms with Crippen LogP contribution < -0.4 is 5.32 Å². The monoisotopic (exact) mass is 281 g/mol. The van der Waals surface area contributed by atoms with Gasteiger partial charge in [0.25, 0.3) is 0 Å². The van der Waals surface area contributed by atoms with E-state index < -0.39 is 22.5 Å². The van der Waals surface area contributed by atoms with Crippen molar-refractivity contribution in [1.82, 2.24) is 0 Å². The van der Waals surface area contributed by atoms with Crippen LogP contribution >= 0.6 is 0 Å². The molecule has 0 aliphatic rings. The molecule has 0 aliphatic carbocycles. The van der Waals surface area contributed by atoms with Crippen molar-refractivity contribution in [1.29, 1.82) is 0 Å². The van der Waals surface area contributed by atoms with Crippen LogP contribution in [0, 0.1) is 12.7 Å². The van der Waals surface area contributed by atoms with Crippen LogP contribution in [0.1, 0.15) is 5.76 Å². The molecule has 0 spiro atoms. The number of anilines is 1. The van der Waals surface area contributed by atoms with Gasteiger partial charge in [0.2, 0.25) is 5.91 Å². The summed E-state index contributed by atoms with van der Waals surface area (Å²) in [5.41, 5.74) is 0.0772. The summed E-state index contributed by atoms with van der Waals surface area (Å²) >= 11 is 0. The topological polar surface area (TPSA) is 59.3 Å². The van der Waals surface area contributed by atoms with Gasteiger partial charge in [-0.15, -0.1) is 0 Å². The number of halogens is 1. The lowest BCUT2D eigenvalue weighted by Crippen LogP contribution is -2.20. The van der Waals surface area contributed by atoms with Crippen LogP contribution in [-0.2, 0) is 15.6 Å². The Kier molecular flexibility index (Phi) is 4.11. The molecule has 6 heteroatoms. The van der Waals surface area contributed by atoms with E-state index >= 15 is 0 Å². The van der Waals surface area contributed by atoms with Gasteiger partial charge in [0, 0.05) is 0 Å². The summed E-state index contributed by atoms with van der Waals surface area (Å²) in [4.78, 5) is 12.2. The zero-order valence-corrected chi connectivity index (χ0v) is 11.0. The molecule has 19 heavy (non-hydrogen) atoms. The van der Waals surface area contributed by atoms with Crippen molar-refractivity contribution in [2.45, 2.75) is 11.8 Å². The highest BCUT2D eigenvalue weighted by atomic mass is 32.2. The van der Waals surface area contributed by atoms with E-state index in [-0.39, 0.29) is 11.4 Å². The molecule has 1 N–H and O–H groups in total. The fourth-order valence-electron chi connectivity index (χ4n) is 1.56. The number of hydrogen-bond donors (Lipinski definition) is 1. The van der Waals surface area contributed by atoms with Crippen LogP contribution in [0.2, 0.25) is 0 Å². The van der Waals surface area contributed by atoms with Gasteiger partial charge in [0.1, 0.15) is 17.3 Å². The Morgan fingerprint density at radius 3 is 2.74 bits per heavy atom. The maximum absolute atomic E-state index is 13.3. The third-order valence-electron chi connectivity index (χ3n) is 2.47. The summed E-state index contributed by atoms with van der Waals surface area (Å²) in [6, 6.07) is 7.38. The maximum Gasteiger partial charge on any atom is 0.237 e. The van der Waals surface area contributed by atoms with Crippen molar-refractivity contribution in [3.63, 3.8) is 0 Å². The summed E-state index contributed by atoms with van der Waals surface area (Å²) in [6.45, 7) is 1.67. The average Bonchev–Trinajstić information content (AvgIpc) is 2.78. The summed E-state index contributed by atoms with van der Waals surface area (Å²) in [7, 11) is -1.50. The first-order chi connectivity index (χ1) is 9.08. The summed E-state index contributed by atoms with van der Waals surface area (Å²) in [6.07, 6.45) is 1.41. The van der Waals surface area contributed by atoms with E-state index in [0.29, 0.717) is 10.7 Å². The Bertz CT molecular complexity index is 624. The van der Waals surface area contributed by atoms with Crippen LogP contribution in [0.25, 0.3) is 0 Å². The number of carbonyl (C=O) groups is 1. The molecule has 1 heterocycles. The molecule has 2 rings (SSSR count). The first-order valence-electron chi connectivity index (χ1n) is 5.55. The number of rotatable bonds is 4. The zero-order chi connectivity index (χ0) is 13.8. The van der Waals surface area contributed by atoms with Gasteiger partial charge in [-0.25, -0.2) is 4.39 Å². The smallest absolute Gasteiger partial charge is 0.237 e. The van der Waals surface area contributed by atoms with Gasteiger partial charge >= 0.3 is 0 Å². The fourth-order valence-corrected chi connectivity index (χ4v) is 2.60. The lowest BCUT2D eigenvalue weighted by Gasteiger charge is -2.05. The Labute approximate surface area is 112 Å². The highest BCUT2D eigenvalue weighted by Crippen LogP contribution is 2.15. The molecule has 2 aromatic rings. The second-order valence-electron chi connectivity index (χ2n) is 3.86. The van der Waals surface area contributed by atoms with Crippen LogP contribution in [-0.4, -0.2) is 15.9 Å². The van der Waals surface area contributed by atoms with Crippen molar-refractivity contribution in [3.05, 3.63) is 48.2 Å². The third kappa shape index (κ3) is 3.29. The van der Waals surface area contributed by atoms with E-state index in [1.165, 1.54) is 24.5 Å². The molecule has 1 unspecified atom stereocenters. The van der Waals surface area contributed by atoms with Crippen molar-refractivity contribution in [2.24, 2.45) is 0 Å². The number of amides is 1. The van der Waals surface area contributed by atoms with Gasteiger partial charge in [0.05, 0.1) is 27.6 Å². The molecular formula is C13H12FNO3S. The fraction of sp³-hybridized carbons (Fsp3) is 0.154. The van der Waals surface area contributed by atoms with Crippen molar-refractivity contribution < 1.29 is 17.8 Å². The molecule has 100 valence electrons. The van der Waals surface area contributed by atoms with Gasteiger partial charge in [-0.1, -0.05) is 12.1 Å². The van der Waals surface area contributed by atoms with Gasteiger partial charge in [-0.2, -0.15) is 0 Å². The van der Waals surface area contributed by atoms with Crippen molar-refractivity contribution in [2.75, 3.05) is 11.1 Å². The number of hydrogen-bond acceptors (Lipinski definition) is 3. The lowest BCUT2D eigenvalue weighted by atomic mass is 10.3. The minimum absolute atomic E-state index is 0.0772. The van der Waals surface area contributed by atoms with Crippen LogP contribution in [0.4, 0.5) is 10.1 Å².